The SMILES string of the molecule is C=CC(C(=O)OC)C(c1ccc(OC)cc1)c1cccc(OC)c1C(=O)O. The fourth-order valence-corrected chi connectivity index (χ4v) is 3.10. The van der Waals surface area contributed by atoms with Gasteiger partial charge >= 0.3 is 11.9 Å². The van der Waals surface area contributed by atoms with E-state index in [4.69, 9.17) is 14.2 Å². The number of methoxy groups -OCH3 is 3. The molecule has 0 aliphatic carbocycles. The highest BCUT2D eigenvalue weighted by Gasteiger charge is 2.33. The lowest BCUT2D eigenvalue weighted by Gasteiger charge is -2.26. The molecule has 6 nitrogen and oxygen atoms in total. The molecule has 0 aliphatic rings. The van der Waals surface area contributed by atoms with Crippen LogP contribution >= 0.6 is 0 Å². The molecule has 0 spiro atoms. The molecule has 0 fully saturated rings. The fraction of sp³-hybridized carbons (Fsp3) is 0.238. The second kappa shape index (κ2) is 8.89. The first kappa shape index (κ1) is 20.0. The molecule has 0 bridgehead atoms. The van der Waals surface area contributed by atoms with Crippen molar-refractivity contribution in [3.8, 4) is 11.5 Å². The first-order chi connectivity index (χ1) is 13.0. The van der Waals surface area contributed by atoms with Crippen LogP contribution in [-0.2, 0) is 9.53 Å². The zero-order valence-electron chi connectivity index (χ0n) is 15.5. The van der Waals surface area contributed by atoms with Crippen molar-refractivity contribution >= 4 is 11.9 Å². The number of benzene rings is 2. The van der Waals surface area contributed by atoms with Crippen molar-refractivity contribution < 1.29 is 28.9 Å². The smallest absolute Gasteiger partial charge is 0.339 e. The second-order valence-electron chi connectivity index (χ2n) is 5.77. The van der Waals surface area contributed by atoms with Crippen molar-refractivity contribution in [2.45, 2.75) is 5.92 Å². The van der Waals surface area contributed by atoms with Gasteiger partial charge in [-0.1, -0.05) is 30.3 Å². The Hall–Kier alpha value is -3.28. The number of carbonyl (C=O) groups excluding carboxylic acids is 1. The van der Waals surface area contributed by atoms with E-state index in [-0.39, 0.29) is 11.3 Å². The van der Waals surface area contributed by atoms with E-state index in [2.05, 4.69) is 6.58 Å². The molecule has 6 heteroatoms. The third-order valence-electron chi connectivity index (χ3n) is 4.39. The van der Waals surface area contributed by atoms with Crippen molar-refractivity contribution in [3.05, 3.63) is 71.8 Å². The van der Waals surface area contributed by atoms with Crippen LogP contribution in [0, 0.1) is 5.92 Å². The Morgan fingerprint density at radius 3 is 2.19 bits per heavy atom. The molecule has 0 aromatic heterocycles. The number of carboxylic acid groups (broad SMARTS) is 1. The first-order valence-corrected chi connectivity index (χ1v) is 8.23. The summed E-state index contributed by atoms with van der Waals surface area (Å²) in [5.74, 6) is -2.20. The summed E-state index contributed by atoms with van der Waals surface area (Å²) in [7, 11) is 4.24. The van der Waals surface area contributed by atoms with Gasteiger partial charge in [0, 0.05) is 5.92 Å². The largest absolute Gasteiger partial charge is 0.497 e. The Morgan fingerprint density at radius 2 is 1.70 bits per heavy atom. The van der Waals surface area contributed by atoms with Gasteiger partial charge in [-0.15, -0.1) is 6.58 Å². The Labute approximate surface area is 158 Å². The van der Waals surface area contributed by atoms with Crippen molar-refractivity contribution in [2.24, 2.45) is 5.92 Å². The summed E-state index contributed by atoms with van der Waals surface area (Å²) in [5.41, 5.74) is 1.15. The molecular weight excluding hydrogens is 348 g/mol. The van der Waals surface area contributed by atoms with Crippen LogP contribution in [0.15, 0.2) is 55.1 Å². The molecule has 142 valence electrons. The summed E-state index contributed by atoms with van der Waals surface area (Å²) >= 11 is 0. The summed E-state index contributed by atoms with van der Waals surface area (Å²) in [4.78, 5) is 24.3. The van der Waals surface area contributed by atoms with Gasteiger partial charge in [-0.3, -0.25) is 4.79 Å². The first-order valence-electron chi connectivity index (χ1n) is 8.23. The summed E-state index contributed by atoms with van der Waals surface area (Å²) in [6, 6.07) is 12.0. The van der Waals surface area contributed by atoms with Crippen molar-refractivity contribution in [1.29, 1.82) is 0 Å². The third-order valence-corrected chi connectivity index (χ3v) is 4.39. The van der Waals surface area contributed by atoms with Gasteiger partial charge in [-0.25, -0.2) is 4.79 Å². The monoisotopic (exact) mass is 370 g/mol. The molecule has 0 aliphatic heterocycles. The maximum Gasteiger partial charge on any atom is 0.339 e. The van der Waals surface area contributed by atoms with Gasteiger partial charge in [0.25, 0.3) is 0 Å². The zero-order valence-corrected chi connectivity index (χ0v) is 15.5. The maximum absolute atomic E-state index is 12.4. The lowest BCUT2D eigenvalue weighted by atomic mass is 9.78. The highest BCUT2D eigenvalue weighted by molar-refractivity contribution is 5.93. The van der Waals surface area contributed by atoms with Crippen LogP contribution in [-0.4, -0.2) is 38.4 Å². The molecule has 0 radical (unpaired) electrons. The molecule has 0 amide bonds. The number of carboxylic acids is 1. The predicted molar refractivity (Wildman–Crippen MR) is 100 cm³/mol. The van der Waals surface area contributed by atoms with Gasteiger partial charge in [-0.05, 0) is 29.3 Å². The van der Waals surface area contributed by atoms with Crippen molar-refractivity contribution in [3.63, 3.8) is 0 Å². The van der Waals surface area contributed by atoms with E-state index < -0.39 is 23.8 Å². The van der Waals surface area contributed by atoms with E-state index in [9.17, 15) is 14.7 Å². The van der Waals surface area contributed by atoms with Gasteiger partial charge in [-0.2, -0.15) is 0 Å². The van der Waals surface area contributed by atoms with Crippen LogP contribution in [0.5, 0.6) is 11.5 Å². The minimum Gasteiger partial charge on any atom is -0.497 e. The van der Waals surface area contributed by atoms with Gasteiger partial charge in [0.1, 0.15) is 17.1 Å². The normalized spacial score (nSPS) is 12.6. The van der Waals surface area contributed by atoms with E-state index in [1.165, 1.54) is 20.3 Å². The highest BCUT2D eigenvalue weighted by Crippen LogP contribution is 2.39. The summed E-state index contributed by atoms with van der Waals surface area (Å²) < 4.78 is 15.3. The van der Waals surface area contributed by atoms with Crippen LogP contribution in [0.1, 0.15) is 27.4 Å². The molecule has 2 aromatic rings. The zero-order chi connectivity index (χ0) is 20.0. The molecule has 0 saturated carbocycles. The summed E-state index contributed by atoms with van der Waals surface area (Å²) in [5, 5.41) is 9.76. The molecule has 2 unspecified atom stereocenters. The molecule has 27 heavy (non-hydrogen) atoms. The average molecular weight is 370 g/mol. The molecule has 0 saturated heterocycles. The van der Waals surface area contributed by atoms with Crippen molar-refractivity contribution in [1.82, 2.24) is 0 Å². The Morgan fingerprint density at radius 1 is 1.04 bits per heavy atom. The predicted octanol–water partition coefficient (Wildman–Crippen LogP) is 3.51. The number of esters is 1. The number of rotatable bonds is 8. The number of aromatic carboxylic acids is 1. The third kappa shape index (κ3) is 4.11. The van der Waals surface area contributed by atoms with E-state index in [0.717, 1.165) is 5.56 Å². The molecule has 1 N–H and O–H groups in total. The quantitative estimate of drug-likeness (QED) is 0.566. The fourth-order valence-electron chi connectivity index (χ4n) is 3.10. The van der Waals surface area contributed by atoms with Gasteiger partial charge in [0.15, 0.2) is 0 Å². The Kier molecular flexibility index (Phi) is 6.60. The number of ether oxygens (including phenoxy) is 3. The van der Waals surface area contributed by atoms with E-state index in [0.29, 0.717) is 11.3 Å². The Bertz CT molecular complexity index is 825. The van der Waals surface area contributed by atoms with Crippen LogP contribution in [0.2, 0.25) is 0 Å². The van der Waals surface area contributed by atoms with E-state index in [1.54, 1.807) is 49.6 Å². The number of hydrogen-bond donors (Lipinski definition) is 1. The van der Waals surface area contributed by atoms with E-state index >= 15 is 0 Å². The summed E-state index contributed by atoms with van der Waals surface area (Å²) in [6.45, 7) is 3.75. The van der Waals surface area contributed by atoms with Crippen LogP contribution < -0.4 is 9.47 Å². The minimum atomic E-state index is -1.14. The van der Waals surface area contributed by atoms with Crippen LogP contribution in [0.3, 0.4) is 0 Å². The highest BCUT2D eigenvalue weighted by atomic mass is 16.5. The Balaban J connectivity index is 2.74. The number of carbonyl (C=O) groups is 2. The second-order valence-corrected chi connectivity index (χ2v) is 5.77. The topological polar surface area (TPSA) is 82.1 Å². The molecule has 2 rings (SSSR count). The lowest BCUT2D eigenvalue weighted by molar-refractivity contribution is -0.144. The average Bonchev–Trinajstić information content (AvgIpc) is 2.70. The minimum absolute atomic E-state index is 0.00317. The van der Waals surface area contributed by atoms with Crippen molar-refractivity contribution in [2.75, 3.05) is 21.3 Å². The van der Waals surface area contributed by atoms with Gasteiger partial charge < -0.3 is 19.3 Å². The van der Waals surface area contributed by atoms with Crippen LogP contribution in [0.25, 0.3) is 0 Å². The molecule has 2 aromatic carbocycles. The van der Waals surface area contributed by atoms with E-state index in [1.807, 2.05) is 0 Å². The summed E-state index contributed by atoms with van der Waals surface area (Å²) in [6.07, 6.45) is 1.46. The standard InChI is InChI=1S/C21H22O6/c1-5-15(21(24)27-4)18(13-9-11-14(25-2)12-10-13)16-7-6-8-17(26-3)19(16)20(22)23/h5-12,15,18H,1H2,2-4H3,(H,22,23). The van der Waals surface area contributed by atoms with Gasteiger partial charge in [0.2, 0.25) is 0 Å². The lowest BCUT2D eigenvalue weighted by Crippen LogP contribution is -2.24. The molecule has 2 atom stereocenters. The van der Waals surface area contributed by atoms with Gasteiger partial charge in [0.05, 0.1) is 27.2 Å². The maximum atomic E-state index is 12.4. The van der Waals surface area contributed by atoms with Crippen LogP contribution in [0.4, 0.5) is 0 Å². The molecular formula is C21H22O6. The number of hydrogen-bond acceptors (Lipinski definition) is 5. The molecule has 0 heterocycles.